The van der Waals surface area contributed by atoms with E-state index in [0.717, 1.165) is 19.6 Å². The molecule has 2 aliphatic heterocycles. The molecular weight excluding hydrogens is 256 g/mol. The molecule has 0 aliphatic carbocycles. The lowest BCUT2D eigenvalue weighted by Crippen LogP contribution is -2.39. The van der Waals surface area contributed by atoms with Crippen LogP contribution in [0.4, 0.5) is 0 Å². The number of rotatable bonds is 3. The molecule has 0 N–H and O–H groups in total. The Balaban J connectivity index is 1.82. The molecular formula is C15H22N2O3. The summed E-state index contributed by atoms with van der Waals surface area (Å²) in [5.41, 5.74) is 0. The van der Waals surface area contributed by atoms with E-state index in [4.69, 9.17) is 4.74 Å². The van der Waals surface area contributed by atoms with Crippen LogP contribution in [0.15, 0.2) is 0 Å². The van der Waals surface area contributed by atoms with Crippen molar-refractivity contribution < 1.29 is 14.3 Å². The maximum Gasteiger partial charge on any atom is 0.328 e. The summed E-state index contributed by atoms with van der Waals surface area (Å²) in [4.78, 5) is 27.2. The molecule has 2 aliphatic rings. The molecule has 1 unspecified atom stereocenters. The molecule has 5 heteroatoms. The summed E-state index contributed by atoms with van der Waals surface area (Å²) in [6.45, 7) is 3.31. The topological polar surface area (TPSA) is 49.9 Å². The Morgan fingerprint density at radius 2 is 1.95 bits per heavy atom. The van der Waals surface area contributed by atoms with Gasteiger partial charge in [-0.1, -0.05) is 18.3 Å². The number of hydrogen-bond donors (Lipinski definition) is 0. The smallest absolute Gasteiger partial charge is 0.328 e. The number of ether oxygens (including phenoxy) is 1. The van der Waals surface area contributed by atoms with Crippen LogP contribution in [0.25, 0.3) is 0 Å². The van der Waals surface area contributed by atoms with Gasteiger partial charge in [0.2, 0.25) is 5.91 Å². The number of carbonyl (C=O) groups excluding carboxylic acids is 2. The Kier molecular flexibility index (Phi) is 5.42. The molecule has 0 bridgehead atoms. The SMILES string of the molecule is COC(=O)C1CCC(=O)N1CC#CCN1CCCCC1. The van der Waals surface area contributed by atoms with E-state index in [0.29, 0.717) is 19.4 Å². The molecule has 2 rings (SSSR count). The van der Waals surface area contributed by atoms with Crippen LogP contribution in [-0.2, 0) is 14.3 Å². The fourth-order valence-electron chi connectivity index (χ4n) is 2.74. The third-order valence-corrected chi connectivity index (χ3v) is 3.93. The molecule has 2 fully saturated rings. The summed E-state index contributed by atoms with van der Waals surface area (Å²) < 4.78 is 4.72. The van der Waals surface area contributed by atoms with E-state index in [9.17, 15) is 9.59 Å². The lowest BCUT2D eigenvalue weighted by Gasteiger charge is -2.24. The average molecular weight is 278 g/mol. The largest absolute Gasteiger partial charge is 0.467 e. The van der Waals surface area contributed by atoms with Crippen molar-refractivity contribution in [1.29, 1.82) is 0 Å². The highest BCUT2D eigenvalue weighted by Gasteiger charge is 2.36. The second-order valence-electron chi connectivity index (χ2n) is 5.29. The maximum atomic E-state index is 11.7. The Bertz CT molecular complexity index is 419. The molecule has 2 saturated heterocycles. The predicted molar refractivity (Wildman–Crippen MR) is 74.8 cm³/mol. The summed E-state index contributed by atoms with van der Waals surface area (Å²) in [6.07, 6.45) is 4.76. The summed E-state index contributed by atoms with van der Waals surface area (Å²) in [7, 11) is 1.35. The summed E-state index contributed by atoms with van der Waals surface area (Å²) in [5, 5.41) is 0. The molecule has 0 aromatic carbocycles. The number of likely N-dealkylation sites (tertiary alicyclic amines) is 2. The van der Waals surface area contributed by atoms with Crippen molar-refractivity contribution >= 4 is 11.9 Å². The van der Waals surface area contributed by atoms with Crippen molar-refractivity contribution in [3.63, 3.8) is 0 Å². The van der Waals surface area contributed by atoms with Gasteiger partial charge in [-0.05, 0) is 32.4 Å². The quantitative estimate of drug-likeness (QED) is 0.561. The van der Waals surface area contributed by atoms with E-state index in [-0.39, 0.29) is 11.9 Å². The highest BCUT2D eigenvalue weighted by Crippen LogP contribution is 2.19. The molecule has 2 heterocycles. The zero-order chi connectivity index (χ0) is 14.4. The average Bonchev–Trinajstić information content (AvgIpc) is 2.85. The molecule has 20 heavy (non-hydrogen) atoms. The Morgan fingerprint density at radius 3 is 2.65 bits per heavy atom. The molecule has 0 aromatic heterocycles. The molecule has 0 aromatic rings. The number of hydrogen-bond acceptors (Lipinski definition) is 4. The number of methoxy groups -OCH3 is 1. The number of esters is 1. The zero-order valence-electron chi connectivity index (χ0n) is 12.1. The first kappa shape index (κ1) is 14.9. The minimum atomic E-state index is -0.447. The lowest BCUT2D eigenvalue weighted by molar-refractivity contribution is -0.148. The van der Waals surface area contributed by atoms with Gasteiger partial charge in [0, 0.05) is 6.42 Å². The van der Waals surface area contributed by atoms with Crippen molar-refractivity contribution in [2.75, 3.05) is 33.3 Å². The van der Waals surface area contributed by atoms with E-state index in [1.165, 1.54) is 31.3 Å². The van der Waals surface area contributed by atoms with Crippen LogP contribution in [0, 0.1) is 11.8 Å². The van der Waals surface area contributed by atoms with Gasteiger partial charge in [0.05, 0.1) is 20.2 Å². The summed E-state index contributed by atoms with van der Waals surface area (Å²) in [6, 6.07) is -0.447. The van der Waals surface area contributed by atoms with Gasteiger partial charge >= 0.3 is 5.97 Å². The van der Waals surface area contributed by atoms with Crippen molar-refractivity contribution in [1.82, 2.24) is 9.80 Å². The molecule has 0 saturated carbocycles. The van der Waals surface area contributed by atoms with Gasteiger partial charge in [0.25, 0.3) is 0 Å². The van der Waals surface area contributed by atoms with Gasteiger partial charge in [0.15, 0.2) is 0 Å². The second kappa shape index (κ2) is 7.30. The van der Waals surface area contributed by atoms with Crippen LogP contribution in [0.1, 0.15) is 32.1 Å². The Labute approximate surface area is 120 Å². The number of nitrogens with zero attached hydrogens (tertiary/aromatic N) is 2. The minimum Gasteiger partial charge on any atom is -0.467 e. The number of amides is 1. The van der Waals surface area contributed by atoms with Crippen molar-refractivity contribution in [2.45, 2.75) is 38.1 Å². The van der Waals surface area contributed by atoms with Crippen LogP contribution >= 0.6 is 0 Å². The molecule has 5 nitrogen and oxygen atoms in total. The van der Waals surface area contributed by atoms with Crippen LogP contribution in [-0.4, -0.2) is 61.0 Å². The van der Waals surface area contributed by atoms with Gasteiger partial charge in [-0.15, -0.1) is 0 Å². The van der Waals surface area contributed by atoms with Crippen LogP contribution in [0.5, 0.6) is 0 Å². The predicted octanol–water partition coefficient (Wildman–Crippen LogP) is 0.640. The molecule has 0 radical (unpaired) electrons. The van der Waals surface area contributed by atoms with Gasteiger partial charge in [0.1, 0.15) is 6.04 Å². The van der Waals surface area contributed by atoms with Crippen molar-refractivity contribution in [2.24, 2.45) is 0 Å². The lowest BCUT2D eigenvalue weighted by atomic mass is 10.1. The first-order chi connectivity index (χ1) is 9.72. The van der Waals surface area contributed by atoms with E-state index < -0.39 is 6.04 Å². The van der Waals surface area contributed by atoms with E-state index in [2.05, 4.69) is 16.7 Å². The standard InChI is InChI=1S/C15H22N2O3/c1-20-15(19)13-7-8-14(18)17(13)12-6-5-11-16-9-3-2-4-10-16/h13H,2-4,7-12H2,1H3. The minimum absolute atomic E-state index is 0.00678. The number of piperidine rings is 1. The fraction of sp³-hybridized carbons (Fsp3) is 0.733. The van der Waals surface area contributed by atoms with Gasteiger partial charge in [-0.3, -0.25) is 9.69 Å². The van der Waals surface area contributed by atoms with Crippen molar-refractivity contribution in [3.8, 4) is 11.8 Å². The molecule has 0 spiro atoms. The Hall–Kier alpha value is -1.54. The van der Waals surface area contributed by atoms with E-state index >= 15 is 0 Å². The third-order valence-electron chi connectivity index (χ3n) is 3.93. The first-order valence-corrected chi connectivity index (χ1v) is 7.27. The summed E-state index contributed by atoms with van der Waals surface area (Å²) >= 11 is 0. The zero-order valence-corrected chi connectivity index (χ0v) is 12.1. The Morgan fingerprint density at radius 1 is 1.25 bits per heavy atom. The number of carbonyl (C=O) groups is 2. The van der Waals surface area contributed by atoms with Gasteiger partial charge in [-0.25, -0.2) is 4.79 Å². The van der Waals surface area contributed by atoms with E-state index in [1.54, 1.807) is 0 Å². The highest BCUT2D eigenvalue weighted by molar-refractivity contribution is 5.88. The maximum absolute atomic E-state index is 11.7. The second-order valence-corrected chi connectivity index (χ2v) is 5.29. The third kappa shape index (κ3) is 3.73. The van der Waals surface area contributed by atoms with E-state index in [1.807, 2.05) is 0 Å². The molecule has 110 valence electrons. The van der Waals surface area contributed by atoms with Gasteiger partial charge < -0.3 is 9.64 Å². The van der Waals surface area contributed by atoms with Crippen LogP contribution in [0.3, 0.4) is 0 Å². The monoisotopic (exact) mass is 278 g/mol. The van der Waals surface area contributed by atoms with Crippen LogP contribution in [0.2, 0.25) is 0 Å². The molecule has 1 atom stereocenters. The molecule has 1 amide bonds. The fourth-order valence-corrected chi connectivity index (χ4v) is 2.74. The van der Waals surface area contributed by atoms with Crippen molar-refractivity contribution in [3.05, 3.63) is 0 Å². The highest BCUT2D eigenvalue weighted by atomic mass is 16.5. The summed E-state index contributed by atoms with van der Waals surface area (Å²) in [5.74, 6) is 5.78. The van der Waals surface area contributed by atoms with Crippen LogP contribution < -0.4 is 0 Å². The first-order valence-electron chi connectivity index (χ1n) is 7.27. The van der Waals surface area contributed by atoms with Gasteiger partial charge in [-0.2, -0.15) is 0 Å². The normalized spacial score (nSPS) is 23.4.